The van der Waals surface area contributed by atoms with E-state index in [2.05, 4.69) is 84.9 Å². The molecule has 2 aromatic heterocycles. The summed E-state index contributed by atoms with van der Waals surface area (Å²) in [6.45, 7) is 0. The number of benzene rings is 7. The number of pyridine rings is 1. The first kappa shape index (κ1) is 26.2. The average molecular weight is 587 g/mol. The van der Waals surface area contributed by atoms with Crippen LogP contribution in [-0.2, 0) is 0 Å². The molecule has 2 heterocycles. The molecule has 0 saturated carbocycles. The highest BCUT2D eigenvalue weighted by Gasteiger charge is 2.13. The molecule has 4 heteroatoms. The van der Waals surface area contributed by atoms with Gasteiger partial charge in [-0.15, -0.1) is 0 Å². The molecule has 0 spiro atoms. The lowest BCUT2D eigenvalue weighted by Gasteiger charge is -2.11. The smallest absolute Gasteiger partial charge is 0.165 e. The van der Waals surface area contributed by atoms with Gasteiger partial charge in [-0.2, -0.15) is 0 Å². The second kappa shape index (κ2) is 10.7. The van der Waals surface area contributed by atoms with Crippen molar-refractivity contribution in [2.24, 2.45) is 0 Å². The van der Waals surface area contributed by atoms with Crippen molar-refractivity contribution in [2.75, 3.05) is 0 Å². The molecule has 0 aliphatic heterocycles. The molecule has 0 saturated heterocycles. The van der Waals surface area contributed by atoms with E-state index in [4.69, 9.17) is 19.9 Å². The van der Waals surface area contributed by atoms with Crippen LogP contribution in [0.2, 0.25) is 0 Å². The van der Waals surface area contributed by atoms with Gasteiger partial charge in [0.15, 0.2) is 17.5 Å². The van der Waals surface area contributed by atoms with Crippen LogP contribution in [0.5, 0.6) is 0 Å². The fourth-order valence-corrected chi connectivity index (χ4v) is 6.43. The predicted octanol–water partition coefficient (Wildman–Crippen LogP) is 10.5. The van der Waals surface area contributed by atoms with Crippen molar-refractivity contribution >= 4 is 43.1 Å². The summed E-state index contributed by atoms with van der Waals surface area (Å²) in [7, 11) is 0. The molecule has 0 unspecified atom stereocenters. The molecule has 214 valence electrons. The Morgan fingerprint density at radius 3 is 1.41 bits per heavy atom. The van der Waals surface area contributed by atoms with Gasteiger partial charge in [0, 0.05) is 28.5 Å². The summed E-state index contributed by atoms with van der Waals surface area (Å²) >= 11 is 0. The van der Waals surface area contributed by atoms with Gasteiger partial charge in [-0.1, -0.05) is 133 Å². The van der Waals surface area contributed by atoms with Crippen molar-refractivity contribution in [1.82, 2.24) is 19.9 Å². The van der Waals surface area contributed by atoms with Crippen molar-refractivity contribution in [3.63, 3.8) is 0 Å². The molecular formula is C42H26N4. The van der Waals surface area contributed by atoms with E-state index in [1.165, 1.54) is 43.1 Å². The molecule has 4 nitrogen and oxygen atoms in total. The van der Waals surface area contributed by atoms with Gasteiger partial charge in [-0.3, -0.25) is 4.98 Å². The Bertz CT molecular complexity index is 2500. The van der Waals surface area contributed by atoms with Gasteiger partial charge in [0.25, 0.3) is 0 Å². The minimum absolute atomic E-state index is 0.593. The zero-order valence-electron chi connectivity index (χ0n) is 24.8. The van der Waals surface area contributed by atoms with Gasteiger partial charge in [-0.05, 0) is 61.3 Å². The van der Waals surface area contributed by atoms with Gasteiger partial charge >= 0.3 is 0 Å². The Labute approximate surface area is 265 Å². The zero-order chi connectivity index (χ0) is 30.5. The second-order valence-corrected chi connectivity index (χ2v) is 11.5. The molecule has 0 aliphatic rings. The number of rotatable bonds is 4. The van der Waals surface area contributed by atoms with Crippen molar-refractivity contribution in [1.29, 1.82) is 0 Å². The summed E-state index contributed by atoms with van der Waals surface area (Å²) < 4.78 is 0. The molecule has 0 radical (unpaired) electrons. The highest BCUT2D eigenvalue weighted by Crippen LogP contribution is 2.36. The first-order valence-corrected chi connectivity index (χ1v) is 15.4. The van der Waals surface area contributed by atoms with Crippen molar-refractivity contribution < 1.29 is 0 Å². The standard InChI is InChI=1S/C42H26N4/c1-3-10-29(11-4-1)40-44-41(30-12-5-2-6-13-30)46-42(45-40)32-19-24-39(43-26-32)31-16-15-28-18-21-36-35-20-17-27-9-7-8-14-33(27)34(35)22-23-37(36)38(28)25-31/h1-26H. The first-order valence-electron chi connectivity index (χ1n) is 15.4. The summed E-state index contributed by atoms with van der Waals surface area (Å²) in [5.41, 5.74) is 4.69. The third kappa shape index (κ3) is 4.47. The molecule has 46 heavy (non-hydrogen) atoms. The zero-order valence-corrected chi connectivity index (χ0v) is 24.8. The monoisotopic (exact) mass is 586 g/mol. The third-order valence-corrected chi connectivity index (χ3v) is 8.76. The molecule has 0 amide bonds. The Balaban J connectivity index is 1.13. The minimum atomic E-state index is 0.593. The first-order chi connectivity index (χ1) is 22.8. The van der Waals surface area contributed by atoms with E-state index >= 15 is 0 Å². The van der Waals surface area contributed by atoms with Crippen molar-refractivity contribution in [2.45, 2.75) is 0 Å². The normalized spacial score (nSPS) is 11.5. The molecule has 0 N–H and O–H groups in total. The lowest BCUT2D eigenvalue weighted by Crippen LogP contribution is -2.00. The van der Waals surface area contributed by atoms with E-state index in [0.717, 1.165) is 27.9 Å². The Morgan fingerprint density at radius 2 is 0.783 bits per heavy atom. The largest absolute Gasteiger partial charge is 0.255 e. The maximum Gasteiger partial charge on any atom is 0.165 e. The van der Waals surface area contributed by atoms with Gasteiger partial charge in [-0.25, -0.2) is 15.0 Å². The summed E-state index contributed by atoms with van der Waals surface area (Å²) in [4.78, 5) is 19.4. The predicted molar refractivity (Wildman–Crippen MR) is 189 cm³/mol. The topological polar surface area (TPSA) is 51.6 Å². The summed E-state index contributed by atoms with van der Waals surface area (Å²) in [6.07, 6.45) is 1.86. The average Bonchev–Trinajstić information content (AvgIpc) is 3.14. The summed E-state index contributed by atoms with van der Waals surface area (Å²) in [5, 5.41) is 10.0. The van der Waals surface area contributed by atoms with E-state index in [0.29, 0.717) is 17.5 Å². The molecule has 9 aromatic rings. The van der Waals surface area contributed by atoms with Gasteiger partial charge < -0.3 is 0 Å². The van der Waals surface area contributed by atoms with Gasteiger partial charge in [0.2, 0.25) is 0 Å². The van der Waals surface area contributed by atoms with Crippen LogP contribution in [0.15, 0.2) is 158 Å². The van der Waals surface area contributed by atoms with E-state index < -0.39 is 0 Å². The Morgan fingerprint density at radius 1 is 0.304 bits per heavy atom. The van der Waals surface area contributed by atoms with Gasteiger partial charge in [0.1, 0.15) is 0 Å². The van der Waals surface area contributed by atoms with Crippen molar-refractivity contribution in [3.8, 4) is 45.4 Å². The maximum absolute atomic E-state index is 4.90. The number of hydrogen-bond acceptors (Lipinski definition) is 4. The van der Waals surface area contributed by atoms with Crippen LogP contribution >= 0.6 is 0 Å². The van der Waals surface area contributed by atoms with E-state index in [1.807, 2.05) is 72.9 Å². The number of nitrogens with zero attached hydrogens (tertiary/aromatic N) is 4. The summed E-state index contributed by atoms with van der Waals surface area (Å²) in [5.74, 6) is 1.86. The fraction of sp³-hybridized carbons (Fsp3) is 0. The number of aromatic nitrogens is 4. The molecule has 7 aromatic carbocycles. The molecule has 0 bridgehead atoms. The van der Waals surface area contributed by atoms with Crippen LogP contribution in [0.1, 0.15) is 0 Å². The van der Waals surface area contributed by atoms with Crippen LogP contribution in [0.4, 0.5) is 0 Å². The van der Waals surface area contributed by atoms with Gasteiger partial charge in [0.05, 0.1) is 5.69 Å². The number of fused-ring (bicyclic) bond motifs is 7. The molecule has 0 atom stereocenters. The SMILES string of the molecule is c1ccc(-c2nc(-c3ccccc3)nc(-c3ccc(-c4ccc5ccc6c(ccc7c8ccccc8ccc76)c5c4)nc3)n2)cc1. The molecular weight excluding hydrogens is 560 g/mol. The van der Waals surface area contributed by atoms with E-state index in [9.17, 15) is 0 Å². The Hall–Kier alpha value is -6.26. The highest BCUT2D eigenvalue weighted by atomic mass is 15.0. The van der Waals surface area contributed by atoms with Crippen LogP contribution in [0.3, 0.4) is 0 Å². The van der Waals surface area contributed by atoms with E-state index in [-0.39, 0.29) is 0 Å². The number of hydrogen-bond donors (Lipinski definition) is 0. The maximum atomic E-state index is 4.90. The fourth-order valence-electron chi connectivity index (χ4n) is 6.43. The lowest BCUT2D eigenvalue weighted by molar-refractivity contribution is 1.07. The van der Waals surface area contributed by atoms with Crippen molar-refractivity contribution in [3.05, 3.63) is 158 Å². The second-order valence-electron chi connectivity index (χ2n) is 11.5. The van der Waals surface area contributed by atoms with Crippen LogP contribution in [0.25, 0.3) is 88.5 Å². The van der Waals surface area contributed by atoms with Crippen LogP contribution in [0, 0.1) is 0 Å². The molecule has 0 aliphatic carbocycles. The Kier molecular flexibility index (Phi) is 6.10. The quantitative estimate of drug-likeness (QED) is 0.193. The molecule has 0 fully saturated rings. The van der Waals surface area contributed by atoms with Crippen LogP contribution < -0.4 is 0 Å². The molecule has 9 rings (SSSR count). The highest BCUT2D eigenvalue weighted by molar-refractivity contribution is 6.22. The van der Waals surface area contributed by atoms with Crippen LogP contribution in [-0.4, -0.2) is 19.9 Å². The minimum Gasteiger partial charge on any atom is -0.255 e. The lowest BCUT2D eigenvalue weighted by atomic mass is 9.93. The van der Waals surface area contributed by atoms with E-state index in [1.54, 1.807) is 0 Å². The summed E-state index contributed by atoms with van der Waals surface area (Å²) in [6, 6.07) is 52.8. The third-order valence-electron chi connectivity index (χ3n) is 8.76.